The third-order valence-electron chi connectivity index (χ3n) is 8.09. The Labute approximate surface area is 328 Å². The molecule has 0 saturated carbocycles. The van der Waals surface area contributed by atoms with Gasteiger partial charge in [0.05, 0.1) is 6.61 Å². The number of rotatable bonds is 36. The second-order valence-electron chi connectivity index (χ2n) is 13.2. The van der Waals surface area contributed by atoms with Crippen molar-refractivity contribution in [2.45, 2.75) is 161 Å². The minimum Gasteiger partial charge on any atom is -0.462 e. The first-order chi connectivity index (χ1) is 26.3. The molecule has 0 heterocycles. The van der Waals surface area contributed by atoms with Crippen LogP contribution in [-0.2, 0) is 28.2 Å². The summed E-state index contributed by atoms with van der Waals surface area (Å²) >= 11 is 0. The quantitative estimate of drug-likeness (QED) is 0.0280. The van der Waals surface area contributed by atoms with Gasteiger partial charge in [0.2, 0.25) is 0 Å². The van der Waals surface area contributed by atoms with Crippen LogP contribution in [0.3, 0.4) is 0 Å². The normalized spacial score (nSPS) is 13.5. The standard InChI is InChI=1S/C45H73O8P/c1-3-5-7-9-11-13-15-17-19-21-22-24-25-27-29-31-33-35-37-39-44(46)51-41-43(42-52-54(48,49)50)53-45(47)40-38-36-34-32-30-28-26-23-20-18-16-14-12-10-8-6-4-2/h5,7,11-14,17-20,22,24,26-29,43H,3-4,6,8-10,15-16,21,23,25,30-42H2,1-2H3,(H2,48,49,50)/b7-5-,13-11-,14-12-,19-17-,20-18-,24-22-,28-26-,29-27-/t43-/m1/s1. The van der Waals surface area contributed by atoms with E-state index in [1.54, 1.807) is 0 Å². The van der Waals surface area contributed by atoms with Crippen molar-refractivity contribution in [3.8, 4) is 0 Å². The highest BCUT2D eigenvalue weighted by Crippen LogP contribution is 2.36. The summed E-state index contributed by atoms with van der Waals surface area (Å²) in [6.07, 6.45) is 54.1. The van der Waals surface area contributed by atoms with Gasteiger partial charge in [-0.05, 0) is 96.3 Å². The molecule has 1 atom stereocenters. The maximum Gasteiger partial charge on any atom is 0.469 e. The van der Waals surface area contributed by atoms with E-state index >= 15 is 0 Å². The van der Waals surface area contributed by atoms with E-state index in [0.29, 0.717) is 12.8 Å². The number of unbranched alkanes of at least 4 members (excludes halogenated alkanes) is 10. The summed E-state index contributed by atoms with van der Waals surface area (Å²) in [5, 5.41) is 0. The van der Waals surface area contributed by atoms with Crippen molar-refractivity contribution in [2.75, 3.05) is 13.2 Å². The summed E-state index contributed by atoms with van der Waals surface area (Å²) in [6, 6.07) is 0. The van der Waals surface area contributed by atoms with Gasteiger partial charge in [-0.1, -0.05) is 143 Å². The van der Waals surface area contributed by atoms with Crippen molar-refractivity contribution in [3.05, 3.63) is 97.2 Å². The fourth-order valence-electron chi connectivity index (χ4n) is 5.05. The molecule has 0 aromatic heterocycles. The second-order valence-corrected chi connectivity index (χ2v) is 14.5. The predicted octanol–water partition coefficient (Wildman–Crippen LogP) is 12.6. The van der Waals surface area contributed by atoms with E-state index in [-0.39, 0.29) is 19.4 Å². The van der Waals surface area contributed by atoms with Crippen LogP contribution in [0.2, 0.25) is 0 Å². The molecule has 2 N–H and O–H groups in total. The van der Waals surface area contributed by atoms with E-state index in [2.05, 4.69) is 116 Å². The predicted molar refractivity (Wildman–Crippen MR) is 225 cm³/mol. The molecule has 306 valence electrons. The molecule has 0 aliphatic carbocycles. The molecule has 9 heteroatoms. The van der Waals surface area contributed by atoms with Gasteiger partial charge in [0, 0.05) is 12.8 Å². The molecule has 0 aliphatic heterocycles. The molecule has 8 nitrogen and oxygen atoms in total. The van der Waals surface area contributed by atoms with Crippen molar-refractivity contribution < 1.29 is 37.9 Å². The Bertz CT molecular complexity index is 1190. The monoisotopic (exact) mass is 773 g/mol. The molecule has 0 fully saturated rings. The van der Waals surface area contributed by atoms with Crippen LogP contribution in [0.5, 0.6) is 0 Å². The Morgan fingerprint density at radius 3 is 1.33 bits per heavy atom. The van der Waals surface area contributed by atoms with Gasteiger partial charge in [-0.2, -0.15) is 0 Å². The molecular weight excluding hydrogens is 699 g/mol. The Hall–Kier alpha value is -3.03. The second kappa shape index (κ2) is 39.7. The molecule has 0 unspecified atom stereocenters. The van der Waals surface area contributed by atoms with Crippen LogP contribution in [0.1, 0.15) is 155 Å². The van der Waals surface area contributed by atoms with Crippen molar-refractivity contribution in [1.82, 2.24) is 0 Å². The first-order valence-corrected chi connectivity index (χ1v) is 22.1. The van der Waals surface area contributed by atoms with Crippen LogP contribution in [0.25, 0.3) is 0 Å². The van der Waals surface area contributed by atoms with Gasteiger partial charge in [-0.3, -0.25) is 14.1 Å². The fraction of sp³-hybridized carbons (Fsp3) is 0.600. The van der Waals surface area contributed by atoms with Crippen LogP contribution in [0.15, 0.2) is 97.2 Å². The molecule has 0 aromatic rings. The number of phosphoric ester groups is 1. The van der Waals surface area contributed by atoms with E-state index in [1.165, 1.54) is 25.7 Å². The highest BCUT2D eigenvalue weighted by Gasteiger charge is 2.22. The lowest BCUT2D eigenvalue weighted by molar-refractivity contribution is -0.161. The molecule has 0 radical (unpaired) electrons. The Morgan fingerprint density at radius 2 is 0.889 bits per heavy atom. The van der Waals surface area contributed by atoms with Gasteiger partial charge in [-0.25, -0.2) is 4.57 Å². The summed E-state index contributed by atoms with van der Waals surface area (Å²) in [4.78, 5) is 42.8. The number of carbonyl (C=O) groups is 2. The number of hydrogen-bond acceptors (Lipinski definition) is 6. The maximum absolute atomic E-state index is 12.4. The number of hydrogen-bond donors (Lipinski definition) is 2. The minimum absolute atomic E-state index is 0.173. The van der Waals surface area contributed by atoms with Crippen molar-refractivity contribution in [1.29, 1.82) is 0 Å². The van der Waals surface area contributed by atoms with Crippen LogP contribution in [0.4, 0.5) is 0 Å². The van der Waals surface area contributed by atoms with Gasteiger partial charge in [0.15, 0.2) is 6.10 Å². The first kappa shape index (κ1) is 51.0. The van der Waals surface area contributed by atoms with Gasteiger partial charge < -0.3 is 19.3 Å². The third-order valence-corrected chi connectivity index (χ3v) is 8.57. The lowest BCUT2D eigenvalue weighted by Crippen LogP contribution is -2.29. The molecule has 0 aliphatic rings. The molecule has 0 amide bonds. The van der Waals surface area contributed by atoms with Crippen molar-refractivity contribution in [3.63, 3.8) is 0 Å². The highest BCUT2D eigenvalue weighted by molar-refractivity contribution is 7.46. The zero-order chi connectivity index (χ0) is 39.6. The average molecular weight is 773 g/mol. The van der Waals surface area contributed by atoms with Gasteiger partial charge in [0.25, 0.3) is 0 Å². The number of allylic oxidation sites excluding steroid dienone is 16. The minimum atomic E-state index is -4.78. The summed E-state index contributed by atoms with van der Waals surface area (Å²) in [5.41, 5.74) is 0. The smallest absolute Gasteiger partial charge is 0.462 e. The van der Waals surface area contributed by atoms with Crippen LogP contribution >= 0.6 is 7.82 Å². The molecule has 0 saturated heterocycles. The maximum atomic E-state index is 12.4. The van der Waals surface area contributed by atoms with Crippen LogP contribution in [0, 0.1) is 0 Å². The Balaban J connectivity index is 4.07. The van der Waals surface area contributed by atoms with E-state index < -0.39 is 32.5 Å². The number of esters is 2. The first-order valence-electron chi connectivity index (χ1n) is 20.5. The summed E-state index contributed by atoms with van der Waals surface area (Å²) in [5.74, 6) is -0.958. The fourth-order valence-corrected chi connectivity index (χ4v) is 5.41. The third kappa shape index (κ3) is 41.7. The van der Waals surface area contributed by atoms with E-state index in [0.717, 1.165) is 89.9 Å². The average Bonchev–Trinajstić information content (AvgIpc) is 3.14. The number of ether oxygens (including phenoxy) is 2. The zero-order valence-corrected chi connectivity index (χ0v) is 34.5. The van der Waals surface area contributed by atoms with E-state index in [1.807, 2.05) is 0 Å². The Morgan fingerprint density at radius 1 is 0.500 bits per heavy atom. The lowest BCUT2D eigenvalue weighted by atomic mass is 10.1. The van der Waals surface area contributed by atoms with Gasteiger partial charge in [0.1, 0.15) is 6.61 Å². The Kier molecular flexibility index (Phi) is 37.4. The molecule has 0 rings (SSSR count). The van der Waals surface area contributed by atoms with E-state index in [9.17, 15) is 14.2 Å². The molecular formula is C45H73O8P. The number of carbonyl (C=O) groups excluding carboxylic acids is 2. The zero-order valence-electron chi connectivity index (χ0n) is 33.6. The molecule has 0 bridgehead atoms. The van der Waals surface area contributed by atoms with Crippen molar-refractivity contribution in [2.24, 2.45) is 0 Å². The van der Waals surface area contributed by atoms with Crippen molar-refractivity contribution >= 4 is 19.8 Å². The van der Waals surface area contributed by atoms with Crippen LogP contribution in [-0.4, -0.2) is 41.0 Å². The van der Waals surface area contributed by atoms with Gasteiger partial charge in [-0.15, -0.1) is 0 Å². The number of phosphoric acid groups is 1. The topological polar surface area (TPSA) is 119 Å². The molecule has 0 aromatic carbocycles. The lowest BCUT2D eigenvalue weighted by Gasteiger charge is -2.18. The summed E-state index contributed by atoms with van der Waals surface area (Å²) in [6.45, 7) is 3.48. The van der Waals surface area contributed by atoms with Crippen LogP contribution < -0.4 is 0 Å². The summed E-state index contributed by atoms with van der Waals surface area (Å²) in [7, 11) is -4.78. The van der Waals surface area contributed by atoms with Gasteiger partial charge >= 0.3 is 19.8 Å². The largest absolute Gasteiger partial charge is 0.469 e. The van der Waals surface area contributed by atoms with E-state index in [4.69, 9.17) is 19.3 Å². The summed E-state index contributed by atoms with van der Waals surface area (Å²) < 4.78 is 26.3. The highest BCUT2D eigenvalue weighted by atomic mass is 31.2. The molecule has 0 spiro atoms. The SMILES string of the molecule is CC/C=C\C/C=C\C/C=C\C/C=C\C/C=C\CCCCCC(=O)OC[C@H](COP(=O)(O)O)OC(=O)CCCCCC/C=C\C/C=C\C/C=C\CCCCC. The molecule has 54 heavy (non-hydrogen) atoms.